The summed E-state index contributed by atoms with van der Waals surface area (Å²) in [6.45, 7) is 3.30. The third kappa shape index (κ3) is 6.05. The molecule has 0 heterocycles. The summed E-state index contributed by atoms with van der Waals surface area (Å²) in [4.78, 5) is 4.10. The number of para-hydroxylation sites is 1. The van der Waals surface area contributed by atoms with Crippen molar-refractivity contribution in [2.45, 2.75) is 13.0 Å². The average Bonchev–Trinajstić information content (AvgIpc) is 2.39. The van der Waals surface area contributed by atoms with Crippen LogP contribution >= 0.6 is 0 Å². The van der Waals surface area contributed by atoms with E-state index in [4.69, 9.17) is 15.2 Å². The predicted octanol–water partition coefficient (Wildman–Crippen LogP) is 1.14. The van der Waals surface area contributed by atoms with Gasteiger partial charge in [0, 0.05) is 13.7 Å². The number of hydrogen-bond acceptors (Lipinski definition) is 3. The van der Waals surface area contributed by atoms with Gasteiger partial charge in [0.1, 0.15) is 6.10 Å². The molecule has 0 amide bonds. The minimum absolute atomic E-state index is 0.219. The van der Waals surface area contributed by atoms with Gasteiger partial charge in [-0.1, -0.05) is 12.1 Å². The van der Waals surface area contributed by atoms with E-state index in [-0.39, 0.29) is 17.7 Å². The standard InChI is InChI=1S/C13H20FN3O2/c1-10(9-17-13(15)16-7-8-18-2)19-12-6-4-3-5-11(12)14/h3-6,10H,7-9H2,1-2H3,(H3,15,16,17). The largest absolute Gasteiger partial charge is 0.486 e. The van der Waals surface area contributed by atoms with Crippen molar-refractivity contribution in [3.63, 3.8) is 0 Å². The quantitative estimate of drug-likeness (QED) is 0.442. The molecule has 5 nitrogen and oxygen atoms in total. The molecule has 19 heavy (non-hydrogen) atoms. The van der Waals surface area contributed by atoms with Crippen LogP contribution in [-0.2, 0) is 4.74 Å². The maximum absolute atomic E-state index is 13.3. The van der Waals surface area contributed by atoms with E-state index in [1.165, 1.54) is 6.07 Å². The summed E-state index contributed by atoms with van der Waals surface area (Å²) in [5, 5.41) is 2.89. The van der Waals surface area contributed by atoms with Crippen molar-refractivity contribution in [3.05, 3.63) is 30.1 Å². The van der Waals surface area contributed by atoms with Gasteiger partial charge < -0.3 is 20.5 Å². The van der Waals surface area contributed by atoms with Crippen molar-refractivity contribution in [2.24, 2.45) is 10.7 Å². The molecule has 1 aromatic rings. The van der Waals surface area contributed by atoms with Crippen molar-refractivity contribution in [3.8, 4) is 5.75 Å². The molecular weight excluding hydrogens is 249 g/mol. The zero-order valence-corrected chi connectivity index (χ0v) is 11.2. The highest BCUT2D eigenvalue weighted by atomic mass is 19.1. The fraction of sp³-hybridized carbons (Fsp3) is 0.462. The molecule has 1 unspecified atom stereocenters. The molecule has 3 N–H and O–H groups in total. The van der Waals surface area contributed by atoms with Crippen molar-refractivity contribution in [1.82, 2.24) is 5.32 Å². The van der Waals surface area contributed by atoms with E-state index in [1.807, 2.05) is 0 Å². The highest BCUT2D eigenvalue weighted by Gasteiger charge is 2.07. The van der Waals surface area contributed by atoms with Gasteiger partial charge in [0.15, 0.2) is 17.5 Å². The summed E-state index contributed by atoms with van der Waals surface area (Å²) in [6, 6.07) is 6.26. The van der Waals surface area contributed by atoms with E-state index < -0.39 is 0 Å². The molecule has 1 aromatic carbocycles. The van der Waals surface area contributed by atoms with E-state index in [0.717, 1.165) is 0 Å². The number of hydrogen-bond donors (Lipinski definition) is 2. The zero-order chi connectivity index (χ0) is 14.1. The molecule has 6 heteroatoms. The molecule has 0 saturated heterocycles. The molecule has 0 aliphatic carbocycles. The second kappa shape index (κ2) is 8.31. The Morgan fingerprint density at radius 1 is 1.47 bits per heavy atom. The van der Waals surface area contributed by atoms with Crippen LogP contribution < -0.4 is 15.8 Å². The first kappa shape index (κ1) is 15.2. The Hall–Kier alpha value is -1.82. The summed E-state index contributed by atoms with van der Waals surface area (Å²) in [7, 11) is 1.61. The van der Waals surface area contributed by atoms with Crippen molar-refractivity contribution >= 4 is 5.96 Å². The van der Waals surface area contributed by atoms with Gasteiger partial charge in [-0.2, -0.15) is 0 Å². The molecule has 1 atom stereocenters. The highest BCUT2D eigenvalue weighted by molar-refractivity contribution is 5.77. The molecule has 0 radical (unpaired) electrons. The van der Waals surface area contributed by atoms with Gasteiger partial charge in [-0.05, 0) is 19.1 Å². The normalized spacial score (nSPS) is 13.1. The second-order valence-electron chi connectivity index (χ2n) is 4.00. The molecular formula is C13H20FN3O2. The Balaban J connectivity index is 2.37. The Bertz CT molecular complexity index is 413. The van der Waals surface area contributed by atoms with E-state index in [2.05, 4.69) is 10.3 Å². The fourth-order valence-corrected chi connectivity index (χ4v) is 1.36. The van der Waals surface area contributed by atoms with Crippen LogP contribution in [0.2, 0.25) is 0 Å². The summed E-state index contributed by atoms with van der Waals surface area (Å²) >= 11 is 0. The molecule has 0 aliphatic heterocycles. The SMILES string of the molecule is COCCNC(N)=NCC(C)Oc1ccccc1F. The van der Waals surface area contributed by atoms with Crippen molar-refractivity contribution in [1.29, 1.82) is 0 Å². The summed E-state index contributed by atoms with van der Waals surface area (Å²) in [5.41, 5.74) is 5.64. The van der Waals surface area contributed by atoms with Crippen LogP contribution in [0.15, 0.2) is 29.3 Å². The molecule has 0 bridgehead atoms. The number of nitrogens with two attached hydrogens (primary N) is 1. The lowest BCUT2D eigenvalue weighted by atomic mass is 10.3. The molecule has 106 valence electrons. The van der Waals surface area contributed by atoms with Gasteiger partial charge >= 0.3 is 0 Å². The molecule has 0 fully saturated rings. The van der Waals surface area contributed by atoms with Gasteiger partial charge in [0.2, 0.25) is 0 Å². The van der Waals surface area contributed by atoms with E-state index >= 15 is 0 Å². The maximum Gasteiger partial charge on any atom is 0.188 e. The van der Waals surface area contributed by atoms with Crippen LogP contribution in [0.5, 0.6) is 5.75 Å². The van der Waals surface area contributed by atoms with Crippen LogP contribution in [0.1, 0.15) is 6.92 Å². The number of rotatable bonds is 7. The summed E-state index contributed by atoms with van der Waals surface area (Å²) in [6.07, 6.45) is -0.264. The van der Waals surface area contributed by atoms with E-state index in [0.29, 0.717) is 25.7 Å². The number of benzene rings is 1. The lowest BCUT2D eigenvalue weighted by Crippen LogP contribution is -2.35. The average molecular weight is 269 g/mol. The minimum atomic E-state index is -0.385. The molecule has 0 aromatic heterocycles. The third-order valence-corrected chi connectivity index (χ3v) is 2.30. The van der Waals surface area contributed by atoms with Crippen LogP contribution in [0.4, 0.5) is 4.39 Å². The smallest absolute Gasteiger partial charge is 0.188 e. The monoisotopic (exact) mass is 269 g/mol. The summed E-state index contributed by atoms with van der Waals surface area (Å²) < 4.78 is 23.6. The number of guanidine groups is 1. The number of aliphatic imine (C=N–C) groups is 1. The fourth-order valence-electron chi connectivity index (χ4n) is 1.36. The first-order valence-corrected chi connectivity index (χ1v) is 6.07. The van der Waals surface area contributed by atoms with Gasteiger partial charge in [0.05, 0.1) is 13.2 Å². The first-order valence-electron chi connectivity index (χ1n) is 6.07. The number of halogens is 1. The molecule has 1 rings (SSSR count). The minimum Gasteiger partial charge on any atom is -0.486 e. The number of nitrogens with zero attached hydrogens (tertiary/aromatic N) is 1. The van der Waals surface area contributed by atoms with E-state index in [1.54, 1.807) is 32.2 Å². The lowest BCUT2D eigenvalue weighted by Gasteiger charge is -2.13. The predicted molar refractivity (Wildman–Crippen MR) is 72.9 cm³/mol. The molecule has 0 spiro atoms. The van der Waals surface area contributed by atoms with Gasteiger partial charge in [-0.25, -0.2) is 9.38 Å². The van der Waals surface area contributed by atoms with Crippen molar-refractivity contribution < 1.29 is 13.9 Å². The van der Waals surface area contributed by atoms with Crippen LogP contribution in [0.3, 0.4) is 0 Å². The maximum atomic E-state index is 13.3. The highest BCUT2D eigenvalue weighted by Crippen LogP contribution is 2.16. The van der Waals surface area contributed by atoms with Crippen LogP contribution in [-0.4, -0.2) is 38.9 Å². The first-order chi connectivity index (χ1) is 9.13. The molecule has 0 aliphatic rings. The topological polar surface area (TPSA) is 68.9 Å². The number of nitrogens with one attached hydrogen (secondary N) is 1. The Morgan fingerprint density at radius 2 is 2.21 bits per heavy atom. The Morgan fingerprint density at radius 3 is 2.89 bits per heavy atom. The van der Waals surface area contributed by atoms with Gasteiger partial charge in [-0.15, -0.1) is 0 Å². The lowest BCUT2D eigenvalue weighted by molar-refractivity contribution is 0.203. The van der Waals surface area contributed by atoms with Crippen LogP contribution in [0.25, 0.3) is 0 Å². The summed E-state index contributed by atoms with van der Waals surface area (Å²) in [5.74, 6) is 0.154. The Kier molecular flexibility index (Phi) is 6.67. The van der Waals surface area contributed by atoms with E-state index in [9.17, 15) is 4.39 Å². The zero-order valence-electron chi connectivity index (χ0n) is 11.2. The number of methoxy groups -OCH3 is 1. The Labute approximate surface area is 112 Å². The molecule has 0 saturated carbocycles. The van der Waals surface area contributed by atoms with Crippen molar-refractivity contribution in [2.75, 3.05) is 26.8 Å². The van der Waals surface area contributed by atoms with Gasteiger partial charge in [-0.3, -0.25) is 0 Å². The van der Waals surface area contributed by atoms with Crippen LogP contribution in [0, 0.1) is 5.82 Å². The third-order valence-electron chi connectivity index (χ3n) is 2.30. The van der Waals surface area contributed by atoms with Gasteiger partial charge in [0.25, 0.3) is 0 Å². The second-order valence-corrected chi connectivity index (χ2v) is 4.00. The number of ether oxygens (including phenoxy) is 2.